The number of nitrogens with zero attached hydrogens (tertiary/aromatic N) is 2. The van der Waals surface area contributed by atoms with Crippen molar-refractivity contribution in [3.63, 3.8) is 0 Å². The van der Waals surface area contributed by atoms with Gasteiger partial charge >= 0.3 is 0 Å². The number of carbonyl (C=O) groups excluding carboxylic acids is 2. The Hall–Kier alpha value is -2.39. The van der Waals surface area contributed by atoms with Crippen molar-refractivity contribution in [2.24, 2.45) is 0 Å². The Balaban J connectivity index is 2.05. The van der Waals surface area contributed by atoms with Crippen LogP contribution >= 0.6 is 0 Å². The Labute approximate surface area is 123 Å². The van der Waals surface area contributed by atoms with Crippen LogP contribution in [0.1, 0.15) is 18.9 Å². The molecule has 6 nitrogen and oxygen atoms in total. The number of anilines is 1. The summed E-state index contributed by atoms with van der Waals surface area (Å²) in [6, 6.07) is 8.47. The molecule has 0 spiro atoms. The van der Waals surface area contributed by atoms with Gasteiger partial charge in [0, 0.05) is 13.1 Å². The fourth-order valence-corrected chi connectivity index (χ4v) is 2.25. The lowest BCUT2D eigenvalue weighted by atomic mass is 10.1. The topological polar surface area (TPSA) is 85.2 Å². The van der Waals surface area contributed by atoms with Gasteiger partial charge in [0.1, 0.15) is 6.07 Å². The molecule has 1 atom stereocenters. The number of para-hydroxylation sites is 1. The Morgan fingerprint density at radius 2 is 2.24 bits per heavy atom. The highest BCUT2D eigenvalue weighted by atomic mass is 16.2. The first kappa shape index (κ1) is 15.0. The summed E-state index contributed by atoms with van der Waals surface area (Å²) in [5.41, 5.74) is 0.919. The van der Waals surface area contributed by atoms with Crippen LogP contribution in [0.4, 0.5) is 5.69 Å². The third-order valence-corrected chi connectivity index (χ3v) is 3.52. The molecule has 2 N–H and O–H groups in total. The summed E-state index contributed by atoms with van der Waals surface area (Å²) in [4.78, 5) is 25.7. The monoisotopic (exact) mass is 286 g/mol. The summed E-state index contributed by atoms with van der Waals surface area (Å²) in [5.74, 6) is -0.281. The molecule has 2 amide bonds. The van der Waals surface area contributed by atoms with E-state index in [1.807, 2.05) is 11.0 Å². The summed E-state index contributed by atoms with van der Waals surface area (Å²) >= 11 is 0. The van der Waals surface area contributed by atoms with Crippen LogP contribution in [0.5, 0.6) is 0 Å². The zero-order chi connectivity index (χ0) is 15.2. The van der Waals surface area contributed by atoms with Gasteiger partial charge in [0.25, 0.3) is 0 Å². The van der Waals surface area contributed by atoms with E-state index in [0.717, 1.165) is 6.42 Å². The molecule has 6 heteroatoms. The summed E-state index contributed by atoms with van der Waals surface area (Å²) in [7, 11) is 0. The van der Waals surface area contributed by atoms with Crippen LogP contribution in [0.25, 0.3) is 0 Å². The van der Waals surface area contributed by atoms with E-state index in [1.54, 1.807) is 31.2 Å². The normalized spacial score (nSPS) is 17.2. The van der Waals surface area contributed by atoms with Gasteiger partial charge in [-0.15, -0.1) is 0 Å². The van der Waals surface area contributed by atoms with Crippen molar-refractivity contribution in [2.45, 2.75) is 19.4 Å². The van der Waals surface area contributed by atoms with E-state index in [0.29, 0.717) is 24.3 Å². The summed E-state index contributed by atoms with van der Waals surface area (Å²) < 4.78 is 0. The Morgan fingerprint density at radius 1 is 1.48 bits per heavy atom. The first-order valence-corrected chi connectivity index (χ1v) is 6.92. The van der Waals surface area contributed by atoms with Gasteiger partial charge in [0.05, 0.1) is 23.8 Å². The third kappa shape index (κ3) is 3.80. The maximum absolute atomic E-state index is 12.3. The molecule has 0 bridgehead atoms. The quantitative estimate of drug-likeness (QED) is 0.857. The summed E-state index contributed by atoms with van der Waals surface area (Å²) in [5, 5.41) is 14.6. The molecule has 0 saturated carbocycles. The Morgan fingerprint density at radius 3 is 3.00 bits per heavy atom. The maximum atomic E-state index is 12.3. The minimum atomic E-state index is -0.430. The molecule has 1 unspecified atom stereocenters. The van der Waals surface area contributed by atoms with Crippen molar-refractivity contribution in [3.8, 4) is 6.07 Å². The van der Waals surface area contributed by atoms with Crippen molar-refractivity contribution < 1.29 is 9.59 Å². The third-order valence-electron chi connectivity index (χ3n) is 3.52. The lowest BCUT2D eigenvalue weighted by Crippen LogP contribution is -2.45. The van der Waals surface area contributed by atoms with Crippen molar-refractivity contribution in [1.82, 2.24) is 10.2 Å². The Bertz CT molecular complexity index is 579. The van der Waals surface area contributed by atoms with Gasteiger partial charge in [0.2, 0.25) is 11.8 Å². The predicted molar refractivity (Wildman–Crippen MR) is 78.4 cm³/mol. The number of carbonyl (C=O) groups is 2. The van der Waals surface area contributed by atoms with Crippen molar-refractivity contribution in [1.29, 1.82) is 5.26 Å². The highest BCUT2D eigenvalue weighted by molar-refractivity contribution is 5.96. The number of rotatable bonds is 3. The Kier molecular flexibility index (Phi) is 4.90. The van der Waals surface area contributed by atoms with Gasteiger partial charge in [-0.25, -0.2) is 0 Å². The molecule has 0 radical (unpaired) electrons. The largest absolute Gasteiger partial charge is 0.355 e. The molecule has 0 aliphatic carbocycles. The second-order valence-electron chi connectivity index (χ2n) is 5.00. The number of nitriles is 1. The van der Waals surface area contributed by atoms with E-state index in [9.17, 15) is 9.59 Å². The van der Waals surface area contributed by atoms with E-state index in [4.69, 9.17) is 5.26 Å². The molecule has 21 heavy (non-hydrogen) atoms. The van der Waals surface area contributed by atoms with Crippen molar-refractivity contribution in [3.05, 3.63) is 29.8 Å². The van der Waals surface area contributed by atoms with Crippen LogP contribution in [0.2, 0.25) is 0 Å². The zero-order valence-corrected chi connectivity index (χ0v) is 11.9. The van der Waals surface area contributed by atoms with Crippen LogP contribution in [0, 0.1) is 11.3 Å². The van der Waals surface area contributed by atoms with E-state index >= 15 is 0 Å². The van der Waals surface area contributed by atoms with Gasteiger partial charge in [-0.1, -0.05) is 12.1 Å². The second-order valence-corrected chi connectivity index (χ2v) is 5.00. The van der Waals surface area contributed by atoms with Gasteiger partial charge in [0.15, 0.2) is 0 Å². The lowest BCUT2D eigenvalue weighted by Gasteiger charge is -2.25. The van der Waals surface area contributed by atoms with Gasteiger partial charge in [-0.2, -0.15) is 5.26 Å². The van der Waals surface area contributed by atoms with Crippen LogP contribution < -0.4 is 10.6 Å². The van der Waals surface area contributed by atoms with E-state index in [2.05, 4.69) is 10.6 Å². The molecule has 1 heterocycles. The minimum absolute atomic E-state index is 0.0652. The second kappa shape index (κ2) is 6.86. The first-order chi connectivity index (χ1) is 10.1. The maximum Gasteiger partial charge on any atom is 0.241 e. The number of hydrogen-bond acceptors (Lipinski definition) is 4. The molecule has 2 rings (SSSR count). The average molecular weight is 286 g/mol. The van der Waals surface area contributed by atoms with Crippen LogP contribution in [0.3, 0.4) is 0 Å². The molecular formula is C15H18N4O2. The standard InChI is InChI=1S/C15H18N4O2/c1-11(19-8-4-7-17-14(20)10-19)15(21)18-13-6-3-2-5-12(13)9-16/h2-3,5-6,11H,4,7-8,10H2,1H3,(H,17,20)(H,18,21). The van der Waals surface area contributed by atoms with E-state index < -0.39 is 6.04 Å². The minimum Gasteiger partial charge on any atom is -0.355 e. The smallest absolute Gasteiger partial charge is 0.241 e. The zero-order valence-electron chi connectivity index (χ0n) is 11.9. The first-order valence-electron chi connectivity index (χ1n) is 6.92. The molecule has 1 aliphatic rings. The average Bonchev–Trinajstić information content (AvgIpc) is 2.71. The van der Waals surface area contributed by atoms with Crippen LogP contribution in [-0.2, 0) is 9.59 Å². The highest BCUT2D eigenvalue weighted by Crippen LogP contribution is 2.15. The van der Waals surface area contributed by atoms with Crippen molar-refractivity contribution in [2.75, 3.05) is 25.0 Å². The molecule has 1 aromatic rings. The number of hydrogen-bond donors (Lipinski definition) is 2. The SMILES string of the molecule is CC(C(=O)Nc1ccccc1C#N)N1CCCNC(=O)C1. The summed E-state index contributed by atoms with van der Waals surface area (Å²) in [6.45, 7) is 3.31. The summed E-state index contributed by atoms with van der Waals surface area (Å²) in [6.07, 6.45) is 0.818. The fourth-order valence-electron chi connectivity index (χ4n) is 2.25. The highest BCUT2D eigenvalue weighted by Gasteiger charge is 2.25. The number of amides is 2. The number of benzene rings is 1. The predicted octanol–water partition coefficient (Wildman–Crippen LogP) is 0.707. The van der Waals surface area contributed by atoms with Gasteiger partial charge in [-0.3, -0.25) is 14.5 Å². The van der Waals surface area contributed by atoms with Crippen LogP contribution in [0.15, 0.2) is 24.3 Å². The van der Waals surface area contributed by atoms with Gasteiger partial charge < -0.3 is 10.6 Å². The number of nitrogens with one attached hydrogen (secondary N) is 2. The van der Waals surface area contributed by atoms with Gasteiger partial charge in [-0.05, 0) is 25.5 Å². The fraction of sp³-hybridized carbons (Fsp3) is 0.400. The van der Waals surface area contributed by atoms with E-state index in [1.165, 1.54) is 0 Å². The van der Waals surface area contributed by atoms with E-state index in [-0.39, 0.29) is 18.4 Å². The molecule has 110 valence electrons. The molecule has 1 fully saturated rings. The molecular weight excluding hydrogens is 268 g/mol. The molecule has 1 aliphatic heterocycles. The van der Waals surface area contributed by atoms with Crippen molar-refractivity contribution >= 4 is 17.5 Å². The van der Waals surface area contributed by atoms with Crippen LogP contribution in [-0.4, -0.2) is 42.4 Å². The molecule has 0 aromatic heterocycles. The molecule has 1 saturated heterocycles. The molecule has 1 aromatic carbocycles. The lowest BCUT2D eigenvalue weighted by molar-refractivity contribution is -0.124.